The Hall–Kier alpha value is -3.57. The molecule has 0 bridgehead atoms. The molecule has 7 N–H and O–H groups in total. The Morgan fingerprint density at radius 3 is 2.03 bits per heavy atom. The summed E-state index contributed by atoms with van der Waals surface area (Å²) in [5.74, 6) is -2.39. The standard InChI is InChI=1S/C26H34N4O6S/c1-16(28-24(33)20(27)14-17-6-4-3-5-7-17)23(32)29-21(12-13-37-2)25(34)30-22(26(35)36)15-18-8-10-19(31)11-9-18/h3-11,16,20-22,31H,12-15,27H2,1-2H3,(H,28,33)(H,29,32)(H,30,34)(H,35,36). The van der Waals surface area contributed by atoms with Gasteiger partial charge in [0, 0.05) is 6.42 Å². The van der Waals surface area contributed by atoms with Gasteiger partial charge in [-0.3, -0.25) is 14.4 Å². The predicted octanol–water partition coefficient (Wildman–Crippen LogP) is 0.817. The molecule has 0 aliphatic carbocycles. The van der Waals surface area contributed by atoms with Crippen molar-refractivity contribution in [3.63, 3.8) is 0 Å². The summed E-state index contributed by atoms with van der Waals surface area (Å²) in [6.07, 6.45) is 2.41. The number of carboxylic acids is 1. The first-order chi connectivity index (χ1) is 17.6. The average Bonchev–Trinajstić information content (AvgIpc) is 2.87. The number of carboxylic acid groups (broad SMARTS) is 1. The first-order valence-corrected chi connectivity index (χ1v) is 13.2. The summed E-state index contributed by atoms with van der Waals surface area (Å²) in [6, 6.07) is 11.2. The zero-order chi connectivity index (χ0) is 27.4. The molecule has 2 aromatic rings. The number of aliphatic carboxylic acids is 1. The van der Waals surface area contributed by atoms with Gasteiger partial charge in [0.25, 0.3) is 0 Å². The van der Waals surface area contributed by atoms with Crippen LogP contribution in [0.3, 0.4) is 0 Å². The number of carbonyl (C=O) groups is 4. The largest absolute Gasteiger partial charge is 0.508 e. The molecule has 4 atom stereocenters. The highest BCUT2D eigenvalue weighted by molar-refractivity contribution is 7.98. The zero-order valence-electron chi connectivity index (χ0n) is 20.8. The monoisotopic (exact) mass is 530 g/mol. The Bertz CT molecular complexity index is 1050. The molecule has 0 aliphatic rings. The van der Waals surface area contributed by atoms with Crippen molar-refractivity contribution >= 4 is 35.5 Å². The Morgan fingerprint density at radius 1 is 0.838 bits per heavy atom. The van der Waals surface area contributed by atoms with Crippen LogP contribution in [0.2, 0.25) is 0 Å². The molecule has 2 rings (SSSR count). The Kier molecular flexibility index (Phi) is 11.9. The van der Waals surface area contributed by atoms with Gasteiger partial charge in [0.15, 0.2) is 0 Å². The normalized spacial score (nSPS) is 14.0. The summed E-state index contributed by atoms with van der Waals surface area (Å²) in [6.45, 7) is 1.48. The summed E-state index contributed by atoms with van der Waals surface area (Å²) < 4.78 is 0. The Balaban J connectivity index is 1.98. The molecule has 0 aromatic heterocycles. The highest BCUT2D eigenvalue weighted by Gasteiger charge is 2.28. The summed E-state index contributed by atoms with van der Waals surface area (Å²) in [5.41, 5.74) is 7.48. The number of hydrogen-bond acceptors (Lipinski definition) is 7. The molecule has 4 unspecified atom stereocenters. The van der Waals surface area contributed by atoms with Gasteiger partial charge in [-0.1, -0.05) is 42.5 Å². The molecule has 0 spiro atoms. The van der Waals surface area contributed by atoms with Crippen LogP contribution in [0.15, 0.2) is 54.6 Å². The molecule has 11 heteroatoms. The number of carbonyl (C=O) groups excluding carboxylic acids is 3. The minimum atomic E-state index is -1.24. The van der Waals surface area contributed by atoms with Crippen LogP contribution in [0.4, 0.5) is 0 Å². The van der Waals surface area contributed by atoms with Crippen molar-refractivity contribution in [2.45, 2.75) is 50.4 Å². The predicted molar refractivity (Wildman–Crippen MR) is 142 cm³/mol. The van der Waals surface area contributed by atoms with E-state index in [1.807, 2.05) is 36.6 Å². The van der Waals surface area contributed by atoms with Crippen LogP contribution in [0.1, 0.15) is 24.5 Å². The third kappa shape index (κ3) is 10.1. The molecule has 0 heterocycles. The van der Waals surface area contributed by atoms with Crippen molar-refractivity contribution in [3.8, 4) is 5.75 Å². The van der Waals surface area contributed by atoms with E-state index in [1.54, 1.807) is 12.1 Å². The molecule has 0 radical (unpaired) electrons. The lowest BCUT2D eigenvalue weighted by Gasteiger charge is -2.24. The molecule has 0 aliphatic heterocycles. The van der Waals surface area contributed by atoms with Crippen molar-refractivity contribution in [2.24, 2.45) is 5.73 Å². The molecule has 10 nitrogen and oxygen atoms in total. The zero-order valence-corrected chi connectivity index (χ0v) is 21.7. The molecule has 37 heavy (non-hydrogen) atoms. The fourth-order valence-electron chi connectivity index (χ4n) is 3.49. The Labute approximate surface area is 220 Å². The van der Waals surface area contributed by atoms with Crippen molar-refractivity contribution in [1.82, 2.24) is 16.0 Å². The van der Waals surface area contributed by atoms with Gasteiger partial charge >= 0.3 is 5.97 Å². The number of phenols is 1. The van der Waals surface area contributed by atoms with E-state index in [9.17, 15) is 29.4 Å². The first kappa shape index (κ1) is 29.7. The fourth-order valence-corrected chi connectivity index (χ4v) is 3.96. The van der Waals surface area contributed by atoms with E-state index in [0.717, 1.165) is 5.56 Å². The number of nitrogens with one attached hydrogen (secondary N) is 3. The van der Waals surface area contributed by atoms with Crippen LogP contribution in [-0.2, 0) is 32.0 Å². The molecule has 0 fully saturated rings. The van der Waals surface area contributed by atoms with Gasteiger partial charge in [-0.15, -0.1) is 0 Å². The molecule has 200 valence electrons. The number of benzene rings is 2. The van der Waals surface area contributed by atoms with Gasteiger partial charge in [0.1, 0.15) is 23.9 Å². The van der Waals surface area contributed by atoms with Gasteiger partial charge < -0.3 is 31.9 Å². The van der Waals surface area contributed by atoms with Crippen LogP contribution in [0, 0.1) is 0 Å². The van der Waals surface area contributed by atoms with Crippen molar-refractivity contribution in [2.75, 3.05) is 12.0 Å². The molecule has 0 saturated heterocycles. The third-order valence-electron chi connectivity index (χ3n) is 5.62. The number of thioether (sulfide) groups is 1. The van der Waals surface area contributed by atoms with Gasteiger partial charge in [0.2, 0.25) is 17.7 Å². The van der Waals surface area contributed by atoms with E-state index in [1.165, 1.54) is 30.8 Å². The lowest BCUT2D eigenvalue weighted by Crippen LogP contribution is -2.56. The maximum atomic E-state index is 13.0. The minimum absolute atomic E-state index is 0.00366. The number of amides is 3. The smallest absolute Gasteiger partial charge is 0.326 e. The van der Waals surface area contributed by atoms with E-state index in [4.69, 9.17) is 5.73 Å². The van der Waals surface area contributed by atoms with E-state index >= 15 is 0 Å². The number of rotatable bonds is 14. The topological polar surface area (TPSA) is 171 Å². The molecular weight excluding hydrogens is 496 g/mol. The van der Waals surface area contributed by atoms with Gasteiger partial charge in [-0.05, 0) is 55.0 Å². The number of aromatic hydroxyl groups is 1. The minimum Gasteiger partial charge on any atom is -0.508 e. The summed E-state index contributed by atoms with van der Waals surface area (Å²) in [5, 5.41) is 26.7. The quantitative estimate of drug-likeness (QED) is 0.208. The first-order valence-electron chi connectivity index (χ1n) is 11.8. The SMILES string of the molecule is CSCCC(NC(=O)C(C)NC(=O)C(N)Cc1ccccc1)C(=O)NC(Cc1ccc(O)cc1)C(=O)O. The molecule has 2 aromatic carbocycles. The number of phenolic OH excluding ortho intramolecular Hbond substituents is 1. The van der Waals surface area contributed by atoms with E-state index in [2.05, 4.69) is 16.0 Å². The maximum absolute atomic E-state index is 13.0. The average molecular weight is 531 g/mol. The molecule has 3 amide bonds. The highest BCUT2D eigenvalue weighted by atomic mass is 32.2. The summed E-state index contributed by atoms with van der Waals surface area (Å²) >= 11 is 1.47. The second kappa shape index (κ2) is 14.9. The second-order valence-electron chi connectivity index (χ2n) is 8.64. The van der Waals surface area contributed by atoms with E-state index in [0.29, 0.717) is 17.7 Å². The van der Waals surface area contributed by atoms with E-state index in [-0.39, 0.29) is 18.6 Å². The van der Waals surface area contributed by atoms with E-state index < -0.39 is 47.9 Å². The number of nitrogens with two attached hydrogens (primary N) is 1. The summed E-state index contributed by atoms with van der Waals surface area (Å²) in [4.78, 5) is 50.0. The fraction of sp³-hybridized carbons (Fsp3) is 0.385. The van der Waals surface area contributed by atoms with Crippen molar-refractivity contribution in [1.29, 1.82) is 0 Å². The molecular formula is C26H34N4O6S. The van der Waals surface area contributed by atoms with Crippen LogP contribution in [0.5, 0.6) is 5.75 Å². The number of hydrogen-bond donors (Lipinski definition) is 6. The van der Waals surface area contributed by atoms with Crippen molar-refractivity contribution < 1.29 is 29.4 Å². The van der Waals surface area contributed by atoms with Gasteiger partial charge in [0.05, 0.1) is 6.04 Å². The highest BCUT2D eigenvalue weighted by Crippen LogP contribution is 2.12. The third-order valence-corrected chi connectivity index (χ3v) is 6.27. The lowest BCUT2D eigenvalue weighted by atomic mass is 10.0. The van der Waals surface area contributed by atoms with Crippen molar-refractivity contribution in [3.05, 3.63) is 65.7 Å². The van der Waals surface area contributed by atoms with Crippen LogP contribution in [-0.4, -0.2) is 70.1 Å². The lowest BCUT2D eigenvalue weighted by molar-refractivity contribution is -0.142. The summed E-state index contributed by atoms with van der Waals surface area (Å²) in [7, 11) is 0. The maximum Gasteiger partial charge on any atom is 0.326 e. The molecule has 0 saturated carbocycles. The Morgan fingerprint density at radius 2 is 1.43 bits per heavy atom. The van der Waals surface area contributed by atoms with Crippen LogP contribution >= 0.6 is 11.8 Å². The van der Waals surface area contributed by atoms with Gasteiger partial charge in [-0.25, -0.2) is 4.79 Å². The van der Waals surface area contributed by atoms with Gasteiger partial charge in [-0.2, -0.15) is 11.8 Å². The second-order valence-corrected chi connectivity index (χ2v) is 9.62. The van der Waals surface area contributed by atoms with Crippen LogP contribution in [0.25, 0.3) is 0 Å². The van der Waals surface area contributed by atoms with Crippen LogP contribution < -0.4 is 21.7 Å².